The van der Waals surface area contributed by atoms with E-state index in [1.807, 2.05) is 4.57 Å². The van der Waals surface area contributed by atoms with Crippen LogP contribution in [0.4, 0.5) is 16.0 Å². The molecule has 0 saturated heterocycles. The molecule has 4 aliphatic carbocycles. The van der Waals surface area contributed by atoms with E-state index in [0.717, 1.165) is 32.1 Å². The maximum atomic E-state index is 14.4. The number of nitrogens with two attached hydrogens (primary N) is 1. The Kier molecular flexibility index (Phi) is 4.66. The summed E-state index contributed by atoms with van der Waals surface area (Å²) in [4.78, 5) is 34.2. The average Bonchev–Trinajstić information content (AvgIpc) is 3.08. The summed E-state index contributed by atoms with van der Waals surface area (Å²) in [6.45, 7) is 3.82. The van der Waals surface area contributed by atoms with Crippen LogP contribution in [0.5, 0.6) is 0 Å². The molecular weight excluding hydrogens is 461 g/mol. The normalized spacial score (nSPS) is 30.5. The highest BCUT2D eigenvalue weighted by atomic mass is 19.1. The molecule has 4 bridgehead atoms. The maximum absolute atomic E-state index is 14.4. The molecule has 10 heteroatoms. The number of carbonyl (C=O) groups excluding carboxylic acids is 1. The lowest BCUT2D eigenvalue weighted by Gasteiger charge is -2.62. The zero-order valence-electron chi connectivity index (χ0n) is 20.5. The van der Waals surface area contributed by atoms with Gasteiger partial charge in [0.05, 0.1) is 28.8 Å². The standard InChI is InChI=1S/C26H28FN7O2/c1-13-4-17(21(29)35)18(27)7-19(13)31-23-30-11-20-22(32-23)34(24(36)33(20)3)26-8-14-5-15(9-26)25(2,12-28)16(6-14)10-26/h4,7,11,14-16H,5-6,8-10H2,1-3H3,(H2,29,35)(H,30,31,32). The van der Waals surface area contributed by atoms with Gasteiger partial charge in [-0.2, -0.15) is 10.2 Å². The first kappa shape index (κ1) is 22.7. The number of aromatic nitrogens is 4. The van der Waals surface area contributed by atoms with Gasteiger partial charge in [-0.25, -0.2) is 14.2 Å². The molecule has 4 fully saturated rings. The number of benzene rings is 1. The molecule has 0 radical (unpaired) electrons. The lowest BCUT2D eigenvalue weighted by molar-refractivity contribution is -0.111. The third kappa shape index (κ3) is 2.98. The molecule has 2 aromatic heterocycles. The number of nitriles is 1. The Bertz CT molecular complexity index is 1530. The second-order valence-electron chi connectivity index (χ2n) is 11.2. The molecule has 7 rings (SSSR count). The number of carbonyl (C=O) groups is 1. The van der Waals surface area contributed by atoms with Crippen molar-refractivity contribution in [3.8, 4) is 6.07 Å². The van der Waals surface area contributed by atoms with E-state index < -0.39 is 11.7 Å². The van der Waals surface area contributed by atoms with Crippen molar-refractivity contribution in [2.45, 2.75) is 51.5 Å². The number of nitrogens with zero attached hydrogens (tertiary/aromatic N) is 5. The van der Waals surface area contributed by atoms with Gasteiger partial charge in [0.25, 0.3) is 5.91 Å². The number of rotatable bonds is 4. The zero-order valence-corrected chi connectivity index (χ0v) is 20.5. The van der Waals surface area contributed by atoms with Gasteiger partial charge in [-0.3, -0.25) is 13.9 Å². The van der Waals surface area contributed by atoms with E-state index in [1.54, 1.807) is 24.7 Å². The van der Waals surface area contributed by atoms with E-state index >= 15 is 0 Å². The fourth-order valence-corrected chi connectivity index (χ4v) is 7.37. The van der Waals surface area contributed by atoms with Crippen LogP contribution in [0.1, 0.15) is 54.9 Å². The molecule has 0 aliphatic heterocycles. The molecule has 36 heavy (non-hydrogen) atoms. The van der Waals surface area contributed by atoms with Crippen molar-refractivity contribution in [2.75, 3.05) is 5.32 Å². The van der Waals surface area contributed by atoms with Crippen molar-refractivity contribution in [2.24, 2.45) is 36.0 Å². The molecule has 3 aromatic rings. The Morgan fingerprint density at radius 1 is 1.28 bits per heavy atom. The highest BCUT2D eigenvalue weighted by molar-refractivity contribution is 5.94. The number of imidazole rings is 1. The van der Waals surface area contributed by atoms with Crippen LogP contribution in [0.15, 0.2) is 23.1 Å². The molecule has 9 nitrogen and oxygen atoms in total. The number of halogens is 1. The number of amides is 1. The monoisotopic (exact) mass is 489 g/mol. The molecule has 2 unspecified atom stereocenters. The number of fused-ring (bicyclic) bond motifs is 1. The fraction of sp³-hybridized carbons (Fsp3) is 0.500. The Labute approximate surface area is 207 Å². The lowest BCUT2D eigenvalue weighted by atomic mass is 9.44. The van der Waals surface area contributed by atoms with Crippen LogP contribution in [0.25, 0.3) is 11.2 Å². The Balaban J connectivity index is 1.44. The second kappa shape index (κ2) is 7.38. The molecule has 1 amide bonds. The minimum atomic E-state index is -0.837. The van der Waals surface area contributed by atoms with Gasteiger partial charge in [0.15, 0.2) is 5.65 Å². The SMILES string of the molecule is Cc1cc(C(N)=O)c(F)cc1Nc1ncc2c(n1)n(C13CC4CC(C1)C(C)(C#N)C(C4)C3)c(=O)n2C. The van der Waals surface area contributed by atoms with Gasteiger partial charge in [-0.05, 0) is 81.4 Å². The Morgan fingerprint density at radius 3 is 2.61 bits per heavy atom. The maximum Gasteiger partial charge on any atom is 0.330 e. The summed E-state index contributed by atoms with van der Waals surface area (Å²) in [5.41, 5.74) is 6.38. The molecular formula is C26H28FN7O2. The average molecular weight is 490 g/mol. The highest BCUT2D eigenvalue weighted by Crippen LogP contribution is 2.65. The van der Waals surface area contributed by atoms with Gasteiger partial charge in [0.1, 0.15) is 11.3 Å². The summed E-state index contributed by atoms with van der Waals surface area (Å²) in [6.07, 6.45) is 6.16. The molecule has 186 valence electrons. The number of hydrogen-bond donors (Lipinski definition) is 2. The van der Waals surface area contributed by atoms with Gasteiger partial charge < -0.3 is 11.1 Å². The van der Waals surface area contributed by atoms with Gasteiger partial charge in [0, 0.05) is 12.7 Å². The summed E-state index contributed by atoms with van der Waals surface area (Å²) in [7, 11) is 1.72. The van der Waals surface area contributed by atoms with Gasteiger partial charge in [0.2, 0.25) is 5.95 Å². The topological polar surface area (TPSA) is 132 Å². The van der Waals surface area contributed by atoms with E-state index in [0.29, 0.717) is 28.3 Å². The summed E-state index contributed by atoms with van der Waals surface area (Å²) >= 11 is 0. The lowest BCUT2D eigenvalue weighted by Crippen LogP contribution is -2.60. The number of hydrogen-bond acceptors (Lipinski definition) is 6. The quantitative estimate of drug-likeness (QED) is 0.577. The van der Waals surface area contributed by atoms with E-state index in [2.05, 4.69) is 23.3 Å². The number of primary amides is 1. The van der Waals surface area contributed by atoms with Crippen molar-refractivity contribution < 1.29 is 9.18 Å². The molecule has 4 saturated carbocycles. The van der Waals surface area contributed by atoms with Crippen LogP contribution in [0, 0.1) is 47.2 Å². The summed E-state index contributed by atoms with van der Waals surface area (Å²) in [5, 5.41) is 13.0. The number of nitrogens with one attached hydrogen (secondary N) is 1. The molecule has 3 N–H and O–H groups in total. The minimum Gasteiger partial charge on any atom is -0.366 e. The predicted octanol–water partition coefficient (Wildman–Crippen LogP) is 3.49. The summed E-state index contributed by atoms with van der Waals surface area (Å²) in [5.74, 6) is -0.337. The number of anilines is 2. The second-order valence-corrected chi connectivity index (χ2v) is 11.2. The van der Waals surface area contributed by atoms with Crippen molar-refractivity contribution in [1.29, 1.82) is 5.26 Å². The molecule has 2 heterocycles. The Hall–Kier alpha value is -3.74. The molecule has 4 aliphatic rings. The first-order valence-electron chi connectivity index (χ1n) is 12.3. The number of aryl methyl sites for hydroxylation is 2. The fourth-order valence-electron chi connectivity index (χ4n) is 7.37. The third-order valence-corrected chi connectivity index (χ3v) is 9.20. The largest absolute Gasteiger partial charge is 0.366 e. The van der Waals surface area contributed by atoms with Crippen LogP contribution in [0.2, 0.25) is 0 Å². The summed E-state index contributed by atoms with van der Waals surface area (Å²) < 4.78 is 17.8. The van der Waals surface area contributed by atoms with Crippen molar-refractivity contribution in [3.05, 3.63) is 45.8 Å². The minimum absolute atomic E-state index is 0.134. The van der Waals surface area contributed by atoms with E-state index in [4.69, 9.17) is 10.7 Å². The smallest absolute Gasteiger partial charge is 0.330 e. The summed E-state index contributed by atoms with van der Waals surface area (Å²) in [6, 6.07) is 5.20. The van der Waals surface area contributed by atoms with Crippen molar-refractivity contribution in [1.82, 2.24) is 19.1 Å². The van der Waals surface area contributed by atoms with E-state index in [1.165, 1.54) is 12.1 Å². The van der Waals surface area contributed by atoms with Crippen molar-refractivity contribution >= 4 is 28.7 Å². The van der Waals surface area contributed by atoms with Crippen LogP contribution >= 0.6 is 0 Å². The van der Waals surface area contributed by atoms with Crippen LogP contribution in [0.3, 0.4) is 0 Å². The van der Waals surface area contributed by atoms with Crippen LogP contribution < -0.4 is 16.7 Å². The predicted molar refractivity (Wildman–Crippen MR) is 131 cm³/mol. The Morgan fingerprint density at radius 2 is 1.97 bits per heavy atom. The van der Waals surface area contributed by atoms with Gasteiger partial charge in [-0.1, -0.05) is 0 Å². The van der Waals surface area contributed by atoms with Gasteiger partial charge in [-0.15, -0.1) is 0 Å². The van der Waals surface area contributed by atoms with E-state index in [9.17, 15) is 19.2 Å². The molecule has 1 aromatic carbocycles. The molecule has 2 atom stereocenters. The molecule has 0 spiro atoms. The van der Waals surface area contributed by atoms with Crippen LogP contribution in [-0.4, -0.2) is 25.0 Å². The first-order chi connectivity index (χ1) is 17.1. The highest BCUT2D eigenvalue weighted by Gasteiger charge is 2.62. The van der Waals surface area contributed by atoms with Crippen LogP contribution in [-0.2, 0) is 12.6 Å². The van der Waals surface area contributed by atoms with Gasteiger partial charge >= 0.3 is 5.69 Å². The third-order valence-electron chi connectivity index (χ3n) is 9.20. The first-order valence-corrected chi connectivity index (χ1v) is 12.3. The van der Waals surface area contributed by atoms with E-state index in [-0.39, 0.29) is 40.0 Å². The van der Waals surface area contributed by atoms with Crippen molar-refractivity contribution in [3.63, 3.8) is 0 Å². The zero-order chi connectivity index (χ0) is 25.6.